The third-order valence-electron chi connectivity index (χ3n) is 2.60. The van der Waals surface area contributed by atoms with Crippen molar-refractivity contribution in [2.45, 2.75) is 13.3 Å². The van der Waals surface area contributed by atoms with Gasteiger partial charge in [-0.1, -0.05) is 23.5 Å². The molecule has 20 heavy (non-hydrogen) atoms. The van der Waals surface area contributed by atoms with Crippen LogP contribution in [0.1, 0.15) is 20.9 Å². The third kappa shape index (κ3) is 3.33. The highest BCUT2D eigenvalue weighted by atomic mass is 32.1. The SMILES string of the molecule is Cc1[nH]c(=O)sc1C(=O)Nc1ccc(CC(=O)O)cc1. The maximum Gasteiger partial charge on any atom is 0.307 e. The molecule has 0 radical (unpaired) electrons. The van der Waals surface area contributed by atoms with Gasteiger partial charge in [-0.25, -0.2) is 0 Å². The smallest absolute Gasteiger partial charge is 0.307 e. The molecule has 1 heterocycles. The van der Waals surface area contributed by atoms with Crippen LogP contribution in [-0.4, -0.2) is 22.0 Å². The number of aliphatic carboxylic acids is 1. The van der Waals surface area contributed by atoms with Crippen molar-refractivity contribution < 1.29 is 14.7 Å². The van der Waals surface area contributed by atoms with Crippen molar-refractivity contribution >= 4 is 28.9 Å². The maximum absolute atomic E-state index is 12.0. The lowest BCUT2D eigenvalue weighted by Crippen LogP contribution is -2.11. The number of nitrogens with one attached hydrogen (secondary N) is 2. The molecular weight excluding hydrogens is 280 g/mol. The first-order valence-corrected chi connectivity index (χ1v) is 6.59. The van der Waals surface area contributed by atoms with Crippen molar-refractivity contribution in [2.75, 3.05) is 5.32 Å². The first-order chi connectivity index (χ1) is 9.45. The van der Waals surface area contributed by atoms with Gasteiger partial charge in [0.25, 0.3) is 5.91 Å². The second-order valence-corrected chi connectivity index (χ2v) is 5.17. The quantitative estimate of drug-likeness (QED) is 0.797. The Morgan fingerprint density at radius 1 is 1.30 bits per heavy atom. The van der Waals surface area contributed by atoms with Gasteiger partial charge in [0, 0.05) is 11.4 Å². The first-order valence-electron chi connectivity index (χ1n) is 5.77. The Hall–Kier alpha value is -2.41. The number of benzene rings is 1. The molecule has 0 saturated heterocycles. The number of carboxylic acid groups (broad SMARTS) is 1. The van der Waals surface area contributed by atoms with E-state index in [2.05, 4.69) is 10.3 Å². The van der Waals surface area contributed by atoms with E-state index in [0.717, 1.165) is 11.3 Å². The molecule has 0 spiro atoms. The molecule has 0 saturated carbocycles. The Morgan fingerprint density at radius 2 is 1.95 bits per heavy atom. The molecule has 0 aliphatic carbocycles. The lowest BCUT2D eigenvalue weighted by molar-refractivity contribution is -0.136. The Kier molecular flexibility index (Phi) is 3.99. The normalized spacial score (nSPS) is 10.2. The summed E-state index contributed by atoms with van der Waals surface area (Å²) in [6.45, 7) is 1.66. The van der Waals surface area contributed by atoms with Crippen LogP contribution in [0.15, 0.2) is 29.1 Å². The van der Waals surface area contributed by atoms with Gasteiger partial charge in [-0.2, -0.15) is 0 Å². The van der Waals surface area contributed by atoms with Gasteiger partial charge in [-0.05, 0) is 24.6 Å². The number of amides is 1. The van der Waals surface area contributed by atoms with Gasteiger partial charge in [0.15, 0.2) is 0 Å². The van der Waals surface area contributed by atoms with E-state index in [4.69, 9.17) is 5.11 Å². The Balaban J connectivity index is 2.10. The number of aromatic nitrogens is 1. The zero-order valence-electron chi connectivity index (χ0n) is 10.6. The monoisotopic (exact) mass is 292 g/mol. The van der Waals surface area contributed by atoms with Crippen molar-refractivity contribution in [3.63, 3.8) is 0 Å². The molecule has 2 aromatic rings. The van der Waals surface area contributed by atoms with Gasteiger partial charge in [0.2, 0.25) is 0 Å². The van der Waals surface area contributed by atoms with E-state index < -0.39 is 5.97 Å². The molecule has 0 aliphatic heterocycles. The van der Waals surface area contributed by atoms with E-state index in [1.807, 2.05) is 0 Å². The lowest BCUT2D eigenvalue weighted by atomic mass is 10.1. The molecule has 6 nitrogen and oxygen atoms in total. The maximum atomic E-state index is 12.0. The predicted molar refractivity (Wildman–Crippen MR) is 75.4 cm³/mol. The van der Waals surface area contributed by atoms with Gasteiger partial charge in [0.1, 0.15) is 4.88 Å². The minimum Gasteiger partial charge on any atom is -0.481 e. The number of carbonyl (C=O) groups is 2. The molecule has 0 fully saturated rings. The largest absolute Gasteiger partial charge is 0.481 e. The summed E-state index contributed by atoms with van der Waals surface area (Å²) in [6, 6.07) is 6.52. The van der Waals surface area contributed by atoms with Crippen LogP contribution in [0, 0.1) is 6.92 Å². The van der Waals surface area contributed by atoms with Gasteiger partial charge in [0.05, 0.1) is 6.42 Å². The lowest BCUT2D eigenvalue weighted by Gasteiger charge is -2.05. The van der Waals surface area contributed by atoms with Crippen LogP contribution in [0.4, 0.5) is 5.69 Å². The summed E-state index contributed by atoms with van der Waals surface area (Å²) < 4.78 is 0. The second kappa shape index (κ2) is 5.70. The fourth-order valence-corrected chi connectivity index (χ4v) is 2.43. The number of anilines is 1. The van der Waals surface area contributed by atoms with Gasteiger partial charge < -0.3 is 15.4 Å². The zero-order valence-corrected chi connectivity index (χ0v) is 11.4. The fraction of sp³-hybridized carbons (Fsp3) is 0.154. The number of hydrogen-bond acceptors (Lipinski definition) is 4. The van der Waals surface area contributed by atoms with Crippen LogP contribution in [0.2, 0.25) is 0 Å². The molecule has 104 valence electrons. The number of aryl methyl sites for hydroxylation is 1. The summed E-state index contributed by atoms with van der Waals surface area (Å²) in [6.07, 6.45) is -0.0627. The molecule has 0 aliphatic rings. The molecule has 3 N–H and O–H groups in total. The van der Waals surface area contributed by atoms with Crippen molar-refractivity contribution in [2.24, 2.45) is 0 Å². The highest BCUT2D eigenvalue weighted by Crippen LogP contribution is 2.14. The van der Waals surface area contributed by atoms with E-state index in [-0.39, 0.29) is 17.2 Å². The van der Waals surface area contributed by atoms with E-state index in [1.165, 1.54) is 0 Å². The average Bonchev–Trinajstić information content (AvgIpc) is 2.70. The number of hydrogen-bond donors (Lipinski definition) is 3. The number of rotatable bonds is 4. The minimum absolute atomic E-state index is 0.0627. The van der Waals surface area contributed by atoms with Gasteiger partial charge >= 0.3 is 10.8 Å². The zero-order chi connectivity index (χ0) is 14.7. The number of aromatic amines is 1. The first kappa shape index (κ1) is 14.0. The van der Waals surface area contributed by atoms with Crippen LogP contribution < -0.4 is 10.2 Å². The molecule has 0 atom stereocenters. The summed E-state index contributed by atoms with van der Waals surface area (Å²) in [5, 5.41) is 11.3. The highest BCUT2D eigenvalue weighted by Gasteiger charge is 2.13. The molecule has 7 heteroatoms. The summed E-state index contributed by atoms with van der Waals surface area (Å²) in [5.41, 5.74) is 1.72. The number of carboxylic acids is 1. The molecule has 1 amide bonds. The Morgan fingerprint density at radius 3 is 2.45 bits per heavy atom. The Labute approximate surface area is 118 Å². The Bertz CT molecular complexity index is 700. The summed E-state index contributed by atoms with van der Waals surface area (Å²) in [4.78, 5) is 36.3. The van der Waals surface area contributed by atoms with Crippen molar-refractivity contribution in [1.29, 1.82) is 0 Å². The number of carbonyl (C=O) groups excluding carboxylic acids is 1. The van der Waals surface area contributed by atoms with E-state index in [1.54, 1.807) is 31.2 Å². The molecule has 0 unspecified atom stereocenters. The van der Waals surface area contributed by atoms with Crippen LogP contribution in [-0.2, 0) is 11.2 Å². The molecule has 1 aromatic heterocycles. The summed E-state index contributed by atoms with van der Waals surface area (Å²) in [7, 11) is 0. The number of H-pyrrole nitrogens is 1. The minimum atomic E-state index is -0.908. The predicted octanol–water partition coefficient (Wildman–Crippen LogP) is 1.62. The van der Waals surface area contributed by atoms with Gasteiger partial charge in [-0.15, -0.1) is 0 Å². The van der Waals surface area contributed by atoms with E-state index >= 15 is 0 Å². The standard InChI is InChI=1S/C13H12N2O4S/c1-7-11(20-13(19)14-7)12(18)15-9-4-2-8(3-5-9)6-10(16)17/h2-5H,6H2,1H3,(H,14,19)(H,15,18)(H,16,17). The topological polar surface area (TPSA) is 99.3 Å². The second-order valence-electron chi connectivity index (χ2n) is 4.19. The number of thiazole rings is 1. The highest BCUT2D eigenvalue weighted by molar-refractivity contribution is 7.11. The molecular formula is C13H12N2O4S. The van der Waals surface area contributed by atoms with E-state index in [0.29, 0.717) is 21.8 Å². The molecule has 1 aromatic carbocycles. The summed E-state index contributed by atoms with van der Waals surface area (Å²) in [5.74, 6) is -1.27. The van der Waals surface area contributed by atoms with Crippen LogP contribution >= 0.6 is 11.3 Å². The average molecular weight is 292 g/mol. The van der Waals surface area contributed by atoms with Crippen molar-refractivity contribution in [1.82, 2.24) is 4.98 Å². The summed E-state index contributed by atoms with van der Waals surface area (Å²) >= 11 is 0.852. The van der Waals surface area contributed by atoms with Crippen LogP contribution in [0.25, 0.3) is 0 Å². The van der Waals surface area contributed by atoms with E-state index in [9.17, 15) is 14.4 Å². The fourth-order valence-electron chi connectivity index (χ4n) is 1.69. The van der Waals surface area contributed by atoms with Crippen molar-refractivity contribution in [3.8, 4) is 0 Å². The van der Waals surface area contributed by atoms with Crippen LogP contribution in [0.3, 0.4) is 0 Å². The molecule has 0 bridgehead atoms. The van der Waals surface area contributed by atoms with Gasteiger partial charge in [-0.3, -0.25) is 14.4 Å². The third-order valence-corrected chi connectivity index (χ3v) is 3.58. The van der Waals surface area contributed by atoms with Crippen LogP contribution in [0.5, 0.6) is 0 Å². The molecule has 2 rings (SSSR count). The van der Waals surface area contributed by atoms with Crippen molar-refractivity contribution in [3.05, 3.63) is 50.1 Å².